The van der Waals surface area contributed by atoms with E-state index in [0.29, 0.717) is 0 Å². The van der Waals surface area contributed by atoms with Gasteiger partial charge < -0.3 is 14.9 Å². The minimum Gasteiger partial charge on any atom is -0.389 e. The third kappa shape index (κ3) is 3.04. The molecule has 0 aromatic heterocycles. The Morgan fingerprint density at radius 3 is 2.57 bits per heavy atom. The summed E-state index contributed by atoms with van der Waals surface area (Å²) < 4.78 is 30.6. The zero-order valence-corrected chi connectivity index (χ0v) is 8.90. The van der Waals surface area contributed by atoms with Gasteiger partial charge in [0, 0.05) is 0 Å². The van der Waals surface area contributed by atoms with Crippen LogP contribution in [0.25, 0.3) is 0 Å². The minimum atomic E-state index is -3.77. The number of hydrogen-bond donors (Lipinski definition) is 2. The molecule has 1 heterocycles. The molecule has 6 nitrogen and oxygen atoms in total. The Labute approximate surface area is 86.5 Å². The molecule has 0 radical (unpaired) electrons. The van der Waals surface area contributed by atoms with E-state index in [4.69, 9.17) is 16.3 Å². The fourth-order valence-electron chi connectivity index (χ4n) is 1.06. The van der Waals surface area contributed by atoms with Gasteiger partial charge in [-0.3, -0.25) is 4.18 Å². The van der Waals surface area contributed by atoms with E-state index in [1.54, 1.807) is 0 Å². The van der Waals surface area contributed by atoms with Crippen molar-refractivity contribution in [2.24, 2.45) is 0 Å². The lowest BCUT2D eigenvalue weighted by molar-refractivity contribution is -0.208. The van der Waals surface area contributed by atoms with E-state index in [0.717, 1.165) is 6.26 Å². The van der Waals surface area contributed by atoms with E-state index in [1.807, 2.05) is 0 Å². The predicted molar refractivity (Wildman–Crippen MR) is 47.3 cm³/mol. The van der Waals surface area contributed by atoms with Crippen LogP contribution in [0.15, 0.2) is 0 Å². The van der Waals surface area contributed by atoms with Gasteiger partial charge in [0.25, 0.3) is 10.1 Å². The van der Waals surface area contributed by atoms with Crippen molar-refractivity contribution in [1.82, 2.24) is 0 Å². The average Bonchev–Trinajstić information content (AvgIpc) is 2.04. The van der Waals surface area contributed by atoms with E-state index in [1.165, 1.54) is 0 Å². The summed E-state index contributed by atoms with van der Waals surface area (Å²) in [6, 6.07) is 0. The smallest absolute Gasteiger partial charge is 0.264 e. The Kier molecular flexibility index (Phi) is 3.73. The second kappa shape index (κ2) is 4.30. The number of ether oxygens (including phenoxy) is 1. The topological polar surface area (TPSA) is 93.1 Å². The number of halogens is 1. The monoisotopic (exact) mass is 246 g/mol. The first kappa shape index (κ1) is 12.2. The van der Waals surface area contributed by atoms with E-state index in [2.05, 4.69) is 4.18 Å². The van der Waals surface area contributed by atoms with Crippen molar-refractivity contribution in [2.75, 3.05) is 12.9 Å². The molecular weight excluding hydrogens is 236 g/mol. The van der Waals surface area contributed by atoms with Crippen LogP contribution in [-0.2, 0) is 19.0 Å². The van der Waals surface area contributed by atoms with Gasteiger partial charge in [0.15, 0.2) is 12.4 Å². The molecule has 4 atom stereocenters. The Balaban J connectivity index is 2.73. The molecule has 0 bridgehead atoms. The van der Waals surface area contributed by atoms with Crippen LogP contribution < -0.4 is 0 Å². The summed E-state index contributed by atoms with van der Waals surface area (Å²) in [5.41, 5.74) is 0. The quantitative estimate of drug-likeness (QED) is 0.462. The molecule has 1 fully saturated rings. The second-order valence-electron chi connectivity index (χ2n) is 3.00. The molecule has 8 heteroatoms. The predicted octanol–water partition coefficient (Wildman–Crippen LogP) is -1.35. The normalized spacial score (nSPS) is 39.7. The maximum atomic E-state index is 10.8. The van der Waals surface area contributed by atoms with Gasteiger partial charge >= 0.3 is 0 Å². The lowest BCUT2D eigenvalue weighted by Gasteiger charge is -2.33. The Bertz CT molecular complexity index is 291. The first-order valence-electron chi connectivity index (χ1n) is 3.81. The zero-order valence-electron chi connectivity index (χ0n) is 7.33. The fourth-order valence-corrected chi connectivity index (χ4v) is 1.89. The summed E-state index contributed by atoms with van der Waals surface area (Å²) >= 11 is 5.60. The number of aliphatic hydroxyl groups is 2. The molecule has 1 saturated heterocycles. The maximum absolute atomic E-state index is 10.8. The lowest BCUT2D eigenvalue weighted by Crippen LogP contribution is -2.52. The standard InChI is InChI=1S/C6H11ClO6S/c1-14(10,11)13-5-4(8)3(7)2-12-6(5)9/h3-6,8-9H,2H2,1H3/t3-,4+,5-,6+/m0/s1. The average molecular weight is 247 g/mol. The van der Waals surface area contributed by atoms with Gasteiger partial charge in [0.05, 0.1) is 18.2 Å². The van der Waals surface area contributed by atoms with Gasteiger partial charge in [-0.05, 0) is 0 Å². The third-order valence-electron chi connectivity index (χ3n) is 1.70. The largest absolute Gasteiger partial charge is 0.389 e. The van der Waals surface area contributed by atoms with Crippen LogP contribution in [0.1, 0.15) is 0 Å². The first-order valence-corrected chi connectivity index (χ1v) is 6.06. The van der Waals surface area contributed by atoms with Crippen LogP contribution in [0.4, 0.5) is 0 Å². The molecule has 0 aromatic rings. The van der Waals surface area contributed by atoms with E-state index >= 15 is 0 Å². The lowest BCUT2D eigenvalue weighted by atomic mass is 10.1. The summed E-state index contributed by atoms with van der Waals surface area (Å²) in [5, 5.41) is 17.8. The Morgan fingerprint density at radius 2 is 2.07 bits per heavy atom. The molecule has 84 valence electrons. The molecule has 0 aromatic carbocycles. The SMILES string of the molecule is CS(=O)(=O)O[C@H]1[C@H](O)[C@@H](Cl)CO[C@H]1O. The van der Waals surface area contributed by atoms with Gasteiger partial charge in [-0.1, -0.05) is 0 Å². The molecule has 2 N–H and O–H groups in total. The van der Waals surface area contributed by atoms with Crippen molar-refractivity contribution in [3.63, 3.8) is 0 Å². The van der Waals surface area contributed by atoms with Crippen molar-refractivity contribution in [2.45, 2.75) is 23.9 Å². The van der Waals surface area contributed by atoms with Crippen LogP contribution in [0.3, 0.4) is 0 Å². The van der Waals surface area contributed by atoms with Crippen LogP contribution in [0.2, 0.25) is 0 Å². The number of rotatable bonds is 2. The molecule has 0 saturated carbocycles. The molecule has 14 heavy (non-hydrogen) atoms. The summed E-state index contributed by atoms with van der Waals surface area (Å²) in [6.07, 6.45) is -3.34. The van der Waals surface area contributed by atoms with Gasteiger partial charge in [-0.25, -0.2) is 0 Å². The Morgan fingerprint density at radius 1 is 1.50 bits per heavy atom. The maximum Gasteiger partial charge on any atom is 0.264 e. The first-order chi connectivity index (χ1) is 6.31. The van der Waals surface area contributed by atoms with Crippen molar-refractivity contribution >= 4 is 21.7 Å². The van der Waals surface area contributed by atoms with Crippen molar-refractivity contribution < 1.29 is 27.6 Å². The highest BCUT2D eigenvalue weighted by molar-refractivity contribution is 7.86. The molecule has 1 rings (SSSR count). The number of hydrogen-bond acceptors (Lipinski definition) is 6. The van der Waals surface area contributed by atoms with Crippen LogP contribution in [-0.4, -0.2) is 55.4 Å². The van der Waals surface area contributed by atoms with Crippen LogP contribution in [0.5, 0.6) is 0 Å². The highest BCUT2D eigenvalue weighted by Gasteiger charge is 2.40. The fraction of sp³-hybridized carbons (Fsp3) is 1.00. The molecule has 0 spiro atoms. The van der Waals surface area contributed by atoms with Crippen molar-refractivity contribution in [3.8, 4) is 0 Å². The highest BCUT2D eigenvalue weighted by atomic mass is 35.5. The van der Waals surface area contributed by atoms with Gasteiger partial charge in [0.1, 0.15) is 6.10 Å². The molecular formula is C6H11ClO6S. The second-order valence-corrected chi connectivity index (χ2v) is 5.16. The van der Waals surface area contributed by atoms with Crippen molar-refractivity contribution in [1.29, 1.82) is 0 Å². The summed E-state index contributed by atoms with van der Waals surface area (Å²) in [7, 11) is -3.77. The minimum absolute atomic E-state index is 0.0620. The van der Waals surface area contributed by atoms with Gasteiger partial charge in [0.2, 0.25) is 0 Å². The molecule has 0 unspecified atom stereocenters. The highest BCUT2D eigenvalue weighted by Crippen LogP contribution is 2.21. The number of aliphatic hydroxyl groups excluding tert-OH is 2. The summed E-state index contributed by atoms with van der Waals surface area (Å²) in [4.78, 5) is 0. The summed E-state index contributed by atoms with van der Waals surface area (Å²) in [6.45, 7) is -0.0620. The Hall–Kier alpha value is 0.0800. The van der Waals surface area contributed by atoms with E-state index in [9.17, 15) is 18.6 Å². The van der Waals surface area contributed by atoms with Crippen molar-refractivity contribution in [3.05, 3.63) is 0 Å². The zero-order chi connectivity index (χ0) is 10.9. The van der Waals surface area contributed by atoms with Crippen LogP contribution >= 0.6 is 11.6 Å². The van der Waals surface area contributed by atoms with E-state index < -0.39 is 34.0 Å². The van der Waals surface area contributed by atoms with E-state index in [-0.39, 0.29) is 6.61 Å². The molecule has 0 aliphatic carbocycles. The summed E-state index contributed by atoms with van der Waals surface area (Å²) in [5.74, 6) is 0. The third-order valence-corrected chi connectivity index (χ3v) is 2.66. The number of alkyl halides is 1. The van der Waals surface area contributed by atoms with Gasteiger partial charge in [-0.2, -0.15) is 8.42 Å². The van der Waals surface area contributed by atoms with Gasteiger partial charge in [-0.15, -0.1) is 11.6 Å². The molecule has 1 aliphatic heterocycles. The molecule has 1 aliphatic rings. The van der Waals surface area contributed by atoms with Crippen LogP contribution in [0, 0.1) is 0 Å². The molecule has 0 amide bonds.